The fraction of sp³-hybridized carbons (Fsp3) is 0.238. The highest BCUT2D eigenvalue weighted by Crippen LogP contribution is 2.38. The lowest BCUT2D eigenvalue weighted by molar-refractivity contribution is -0.141. The average Bonchev–Trinajstić information content (AvgIpc) is 2.99. The molecule has 0 atom stereocenters. The van der Waals surface area contributed by atoms with Crippen molar-refractivity contribution in [3.63, 3.8) is 0 Å². The van der Waals surface area contributed by atoms with Gasteiger partial charge in [-0.3, -0.25) is 14.2 Å². The molecule has 3 rings (SSSR count). The number of halogens is 1. The number of hydrogen-bond acceptors (Lipinski definition) is 6. The van der Waals surface area contributed by atoms with E-state index in [9.17, 15) is 14.7 Å². The number of carbonyl (C=O) groups is 2. The van der Waals surface area contributed by atoms with Crippen LogP contribution in [0.15, 0.2) is 46.6 Å². The van der Waals surface area contributed by atoms with Gasteiger partial charge in [-0.25, -0.2) is 0 Å². The maximum Gasteiger partial charge on any atom is 0.325 e. The summed E-state index contributed by atoms with van der Waals surface area (Å²) in [6, 6.07) is 10.4. The summed E-state index contributed by atoms with van der Waals surface area (Å²) in [5.74, 6) is -0.962. The number of benzene rings is 2. The lowest BCUT2D eigenvalue weighted by Crippen LogP contribution is -2.10. The molecule has 0 unspecified atom stereocenters. The van der Waals surface area contributed by atoms with E-state index in [1.54, 1.807) is 36.4 Å². The van der Waals surface area contributed by atoms with Crippen molar-refractivity contribution in [1.82, 2.24) is 4.57 Å². The van der Waals surface area contributed by atoms with Gasteiger partial charge in [0, 0.05) is 10.4 Å². The second kappa shape index (κ2) is 8.96. The first kappa shape index (κ1) is 21.3. The molecule has 0 radical (unpaired) electrons. The first-order chi connectivity index (χ1) is 14.3. The zero-order chi connectivity index (χ0) is 21.8. The van der Waals surface area contributed by atoms with E-state index in [0.717, 1.165) is 11.1 Å². The number of rotatable bonds is 6. The van der Waals surface area contributed by atoms with Crippen molar-refractivity contribution in [2.75, 3.05) is 13.7 Å². The summed E-state index contributed by atoms with van der Waals surface area (Å²) in [5.41, 5.74) is 2.32. The number of fused-ring (bicyclic) bond motifs is 1. The molecule has 0 saturated heterocycles. The van der Waals surface area contributed by atoms with Gasteiger partial charge in [0.05, 0.1) is 12.6 Å². The zero-order valence-electron chi connectivity index (χ0n) is 16.7. The first-order valence-corrected chi connectivity index (χ1v) is 9.40. The predicted octanol–water partition coefficient (Wildman–Crippen LogP) is 4.48. The summed E-state index contributed by atoms with van der Waals surface area (Å²) in [4.78, 5) is 23.8. The molecule has 156 valence electrons. The van der Waals surface area contributed by atoms with Crippen LogP contribution in [0.2, 0.25) is 5.02 Å². The van der Waals surface area contributed by atoms with Gasteiger partial charge in [-0.15, -0.1) is 10.2 Å². The number of carbonyl (C=O) groups excluding carboxylic acids is 2. The minimum Gasteiger partial charge on any atom is -0.493 e. The molecule has 3 aromatic rings. The normalized spacial score (nSPS) is 11.2. The zero-order valence-corrected chi connectivity index (χ0v) is 17.4. The van der Waals surface area contributed by atoms with Gasteiger partial charge in [-0.2, -0.15) is 0 Å². The lowest BCUT2D eigenvalue weighted by Gasteiger charge is -2.08. The molecule has 1 heterocycles. The summed E-state index contributed by atoms with van der Waals surface area (Å²) < 4.78 is 11.5. The second-order valence-corrected chi connectivity index (χ2v) is 6.98. The van der Waals surface area contributed by atoms with Crippen molar-refractivity contribution in [2.45, 2.75) is 20.4 Å². The van der Waals surface area contributed by atoms with Crippen molar-refractivity contribution < 1.29 is 24.2 Å². The Hall–Kier alpha value is -3.39. The maximum atomic E-state index is 12.1. The molecule has 1 N–H and O–H groups in total. The van der Waals surface area contributed by atoms with Crippen molar-refractivity contribution in [3.8, 4) is 11.6 Å². The molecule has 0 saturated carbocycles. The fourth-order valence-corrected chi connectivity index (χ4v) is 3.10. The van der Waals surface area contributed by atoms with Gasteiger partial charge in [0.1, 0.15) is 12.3 Å². The molecule has 8 nitrogen and oxygen atoms in total. The van der Waals surface area contributed by atoms with E-state index in [1.165, 1.54) is 11.7 Å². The van der Waals surface area contributed by atoms with E-state index in [-0.39, 0.29) is 24.7 Å². The van der Waals surface area contributed by atoms with Crippen LogP contribution < -0.4 is 4.74 Å². The number of aryl methyl sites for hydroxylation is 2. The van der Waals surface area contributed by atoms with Crippen molar-refractivity contribution in [2.24, 2.45) is 10.2 Å². The monoisotopic (exact) mass is 429 g/mol. The first-order valence-electron chi connectivity index (χ1n) is 9.03. The van der Waals surface area contributed by atoms with Crippen LogP contribution in [-0.2, 0) is 20.9 Å². The third-order valence-corrected chi connectivity index (χ3v) is 5.06. The molecule has 9 heteroatoms. The highest BCUT2D eigenvalue weighted by Gasteiger charge is 2.19. The summed E-state index contributed by atoms with van der Waals surface area (Å²) in [6.07, 6.45) is 0. The van der Waals surface area contributed by atoms with Crippen molar-refractivity contribution in [3.05, 3.63) is 52.5 Å². The quantitative estimate of drug-likeness (QED) is 0.459. The molecule has 0 spiro atoms. The Morgan fingerprint density at radius 1 is 1.17 bits per heavy atom. The number of hydrogen-bond donors (Lipinski definition) is 1. The van der Waals surface area contributed by atoms with Crippen LogP contribution in [0, 0.1) is 13.8 Å². The van der Waals surface area contributed by atoms with E-state index < -0.39 is 11.9 Å². The van der Waals surface area contributed by atoms with E-state index in [4.69, 9.17) is 16.3 Å². The lowest BCUT2D eigenvalue weighted by atomic mass is 10.1. The number of para-hydroxylation sites is 1. The van der Waals surface area contributed by atoms with E-state index >= 15 is 0 Å². The van der Waals surface area contributed by atoms with E-state index in [2.05, 4.69) is 15.0 Å². The molecule has 30 heavy (non-hydrogen) atoms. The van der Waals surface area contributed by atoms with Gasteiger partial charge in [-0.05, 0) is 43.2 Å². The fourth-order valence-electron chi connectivity index (χ4n) is 2.99. The standard InChI is InChI=1S/C21H20ClN3O5/c1-12-8-14(9-13(2)19(12)22)30-11-17(26)23-24-20-15-6-4-5-7-16(15)25(21(20)28)10-18(27)29-3/h4-9,28H,10-11H2,1-3H3. The number of azo groups is 1. The van der Waals surface area contributed by atoms with Crippen LogP contribution in [0.5, 0.6) is 11.6 Å². The molecule has 0 fully saturated rings. The average molecular weight is 430 g/mol. The van der Waals surface area contributed by atoms with Gasteiger partial charge < -0.3 is 14.6 Å². The van der Waals surface area contributed by atoms with Crippen molar-refractivity contribution >= 4 is 40.1 Å². The minimum atomic E-state index is -0.635. The van der Waals surface area contributed by atoms with Crippen molar-refractivity contribution in [1.29, 1.82) is 0 Å². The van der Waals surface area contributed by atoms with E-state index in [0.29, 0.717) is 21.7 Å². The van der Waals surface area contributed by atoms with Crippen LogP contribution in [0.1, 0.15) is 11.1 Å². The number of aromatic nitrogens is 1. The molecule has 0 aliphatic carbocycles. The SMILES string of the molecule is COC(=O)Cn1c(O)c(N=NC(=O)COc2cc(C)c(Cl)c(C)c2)c2ccccc21. The van der Waals surface area contributed by atoms with Gasteiger partial charge >= 0.3 is 11.9 Å². The van der Waals surface area contributed by atoms with Gasteiger partial charge in [0.2, 0.25) is 5.88 Å². The smallest absolute Gasteiger partial charge is 0.325 e. The molecule has 1 aromatic heterocycles. The van der Waals surface area contributed by atoms with Gasteiger partial charge in [0.15, 0.2) is 12.3 Å². The Balaban J connectivity index is 1.79. The van der Waals surface area contributed by atoms with Crippen LogP contribution in [0.3, 0.4) is 0 Å². The highest BCUT2D eigenvalue weighted by atomic mass is 35.5. The molecule has 0 bridgehead atoms. The molecule has 2 aromatic carbocycles. The Bertz CT molecular complexity index is 1130. The highest BCUT2D eigenvalue weighted by molar-refractivity contribution is 6.32. The summed E-state index contributed by atoms with van der Waals surface area (Å²) in [7, 11) is 1.26. The Labute approximate surface area is 177 Å². The maximum absolute atomic E-state index is 12.1. The number of nitrogens with zero attached hydrogens (tertiary/aromatic N) is 3. The van der Waals surface area contributed by atoms with Gasteiger partial charge in [0.25, 0.3) is 0 Å². The molecular weight excluding hydrogens is 410 g/mol. The second-order valence-electron chi connectivity index (χ2n) is 6.61. The summed E-state index contributed by atoms with van der Waals surface area (Å²) in [6.45, 7) is 3.16. The summed E-state index contributed by atoms with van der Waals surface area (Å²) in [5, 5.41) is 19.2. The third-order valence-electron chi connectivity index (χ3n) is 4.47. The van der Waals surface area contributed by atoms with Crippen LogP contribution >= 0.6 is 11.6 Å². The van der Waals surface area contributed by atoms with E-state index in [1.807, 2.05) is 13.8 Å². The number of esters is 1. The molecule has 1 amide bonds. The third kappa shape index (κ3) is 4.44. The minimum absolute atomic E-state index is 0.0843. The molecule has 0 aliphatic heterocycles. The largest absolute Gasteiger partial charge is 0.493 e. The Morgan fingerprint density at radius 3 is 2.50 bits per heavy atom. The molecular formula is C21H20ClN3O5. The Kier molecular flexibility index (Phi) is 6.37. The number of methoxy groups -OCH3 is 1. The summed E-state index contributed by atoms with van der Waals surface area (Å²) >= 11 is 6.12. The Morgan fingerprint density at radius 2 is 1.83 bits per heavy atom. The number of ether oxygens (including phenoxy) is 2. The predicted molar refractivity (Wildman–Crippen MR) is 112 cm³/mol. The molecule has 0 aliphatic rings. The number of aromatic hydroxyl groups is 1. The van der Waals surface area contributed by atoms with Crippen LogP contribution in [0.4, 0.5) is 5.69 Å². The number of amides is 1. The van der Waals surface area contributed by atoms with Crippen LogP contribution in [-0.4, -0.2) is 35.3 Å². The van der Waals surface area contributed by atoms with Crippen LogP contribution in [0.25, 0.3) is 10.9 Å². The topological polar surface area (TPSA) is 102 Å². The van der Waals surface area contributed by atoms with Gasteiger partial charge in [-0.1, -0.05) is 29.8 Å².